The third-order valence-corrected chi connectivity index (χ3v) is 3.68. The van der Waals surface area contributed by atoms with Crippen molar-refractivity contribution in [3.63, 3.8) is 0 Å². The van der Waals surface area contributed by atoms with Crippen LogP contribution in [0, 0.1) is 0 Å². The second-order valence-electron chi connectivity index (χ2n) is 6.16. The van der Waals surface area contributed by atoms with Gasteiger partial charge in [0.1, 0.15) is 5.75 Å². The molecule has 0 unspecified atom stereocenters. The second kappa shape index (κ2) is 8.35. The average molecular weight is 336 g/mol. The third-order valence-electron chi connectivity index (χ3n) is 3.68. The van der Waals surface area contributed by atoms with Crippen LogP contribution in [0.15, 0.2) is 67.0 Å². The van der Waals surface area contributed by atoms with Gasteiger partial charge >= 0.3 is 0 Å². The van der Waals surface area contributed by atoms with Gasteiger partial charge in [0.25, 0.3) is 0 Å². The van der Waals surface area contributed by atoms with E-state index in [1.54, 1.807) is 6.20 Å². The lowest BCUT2D eigenvalue weighted by molar-refractivity contribution is 0.239. The molecule has 0 bridgehead atoms. The average Bonchev–Trinajstić information content (AvgIpc) is 3.11. The SMILES string of the molecule is CC(C)Oc1ccc(CNNc2ccccc2)cc1Cn1cccn1. The molecule has 5 heteroatoms. The van der Waals surface area contributed by atoms with Crippen LogP contribution in [-0.4, -0.2) is 15.9 Å². The van der Waals surface area contributed by atoms with E-state index in [0.29, 0.717) is 13.1 Å². The molecule has 0 saturated heterocycles. The zero-order chi connectivity index (χ0) is 17.5. The largest absolute Gasteiger partial charge is 0.491 e. The molecule has 130 valence electrons. The van der Waals surface area contributed by atoms with Crippen LogP contribution < -0.4 is 15.6 Å². The van der Waals surface area contributed by atoms with Crippen LogP contribution in [0.3, 0.4) is 0 Å². The number of hydrazine groups is 1. The molecule has 2 N–H and O–H groups in total. The molecule has 0 aliphatic heterocycles. The van der Waals surface area contributed by atoms with Crippen molar-refractivity contribution in [2.45, 2.75) is 33.0 Å². The summed E-state index contributed by atoms with van der Waals surface area (Å²) < 4.78 is 7.85. The van der Waals surface area contributed by atoms with Crippen LogP contribution in [0.2, 0.25) is 0 Å². The van der Waals surface area contributed by atoms with Crippen LogP contribution in [-0.2, 0) is 13.1 Å². The molecule has 1 aromatic heterocycles. The Hall–Kier alpha value is -2.79. The Labute approximate surface area is 148 Å². The highest BCUT2D eigenvalue weighted by molar-refractivity contribution is 5.42. The lowest BCUT2D eigenvalue weighted by Gasteiger charge is -2.16. The van der Waals surface area contributed by atoms with Crippen molar-refractivity contribution < 1.29 is 4.74 Å². The lowest BCUT2D eigenvalue weighted by Crippen LogP contribution is -2.21. The highest BCUT2D eigenvalue weighted by Crippen LogP contribution is 2.22. The summed E-state index contributed by atoms with van der Waals surface area (Å²) in [5.74, 6) is 0.908. The Kier molecular flexibility index (Phi) is 5.69. The fourth-order valence-electron chi connectivity index (χ4n) is 2.57. The number of hydrogen-bond donors (Lipinski definition) is 2. The monoisotopic (exact) mass is 336 g/mol. The zero-order valence-corrected chi connectivity index (χ0v) is 14.6. The number of nitrogens with one attached hydrogen (secondary N) is 2. The van der Waals surface area contributed by atoms with E-state index in [0.717, 1.165) is 17.0 Å². The number of hydrogen-bond acceptors (Lipinski definition) is 4. The molecule has 25 heavy (non-hydrogen) atoms. The Morgan fingerprint density at radius 1 is 1.08 bits per heavy atom. The zero-order valence-electron chi connectivity index (χ0n) is 14.6. The number of aromatic nitrogens is 2. The molecule has 1 heterocycles. The second-order valence-corrected chi connectivity index (χ2v) is 6.16. The van der Waals surface area contributed by atoms with E-state index >= 15 is 0 Å². The lowest BCUT2D eigenvalue weighted by atomic mass is 10.1. The Balaban J connectivity index is 1.69. The maximum atomic E-state index is 5.95. The van der Waals surface area contributed by atoms with Crippen LogP contribution in [0.1, 0.15) is 25.0 Å². The quantitative estimate of drug-likeness (QED) is 0.614. The van der Waals surface area contributed by atoms with E-state index in [-0.39, 0.29) is 6.10 Å². The molecule has 5 nitrogen and oxygen atoms in total. The molecule has 0 fully saturated rings. The third kappa shape index (κ3) is 5.09. The van der Waals surface area contributed by atoms with Crippen LogP contribution in [0.4, 0.5) is 5.69 Å². The molecule has 3 aromatic rings. The first-order valence-corrected chi connectivity index (χ1v) is 8.50. The van der Waals surface area contributed by atoms with Gasteiger partial charge < -0.3 is 10.2 Å². The van der Waals surface area contributed by atoms with Gasteiger partial charge in [0.05, 0.1) is 12.6 Å². The summed E-state index contributed by atoms with van der Waals surface area (Å²) in [6.07, 6.45) is 3.89. The summed E-state index contributed by atoms with van der Waals surface area (Å²) in [5.41, 5.74) is 9.80. The summed E-state index contributed by atoms with van der Waals surface area (Å²) in [5, 5.41) is 4.30. The van der Waals surface area contributed by atoms with Crippen molar-refractivity contribution in [3.05, 3.63) is 78.1 Å². The minimum absolute atomic E-state index is 0.139. The molecule has 0 atom stereocenters. The van der Waals surface area contributed by atoms with Crippen molar-refractivity contribution in [2.24, 2.45) is 0 Å². The highest BCUT2D eigenvalue weighted by atomic mass is 16.5. The fourth-order valence-corrected chi connectivity index (χ4v) is 2.57. The van der Waals surface area contributed by atoms with Crippen molar-refractivity contribution in [1.29, 1.82) is 0 Å². The number of rotatable bonds is 8. The molecular weight excluding hydrogens is 312 g/mol. The summed E-state index contributed by atoms with van der Waals surface area (Å²) in [4.78, 5) is 0. The first-order valence-electron chi connectivity index (χ1n) is 8.50. The van der Waals surface area contributed by atoms with Gasteiger partial charge in [-0.25, -0.2) is 5.43 Å². The molecule has 0 amide bonds. The van der Waals surface area contributed by atoms with Crippen LogP contribution in [0.25, 0.3) is 0 Å². The van der Waals surface area contributed by atoms with E-state index in [1.807, 2.05) is 67.2 Å². The molecule has 3 rings (SSSR count). The van der Waals surface area contributed by atoms with Crippen molar-refractivity contribution in [1.82, 2.24) is 15.2 Å². The van der Waals surface area contributed by atoms with Gasteiger partial charge in [0.2, 0.25) is 0 Å². The van der Waals surface area contributed by atoms with E-state index in [4.69, 9.17) is 4.74 Å². The Bertz CT molecular complexity index is 770. The molecule has 0 aliphatic carbocycles. The standard InChI is InChI=1S/C20H24N4O/c1-16(2)25-20-10-9-17(13-18(20)15-24-12-6-11-22-24)14-21-23-19-7-4-3-5-8-19/h3-13,16,21,23H,14-15H2,1-2H3. The first kappa shape index (κ1) is 17.0. The van der Waals surface area contributed by atoms with Gasteiger partial charge in [-0.05, 0) is 49.7 Å². The van der Waals surface area contributed by atoms with E-state index < -0.39 is 0 Å². The Morgan fingerprint density at radius 2 is 1.92 bits per heavy atom. The molecule has 0 saturated carbocycles. The minimum Gasteiger partial charge on any atom is -0.491 e. The summed E-state index contributed by atoms with van der Waals surface area (Å²) in [7, 11) is 0. The van der Waals surface area contributed by atoms with Gasteiger partial charge in [0, 0.05) is 30.2 Å². The Morgan fingerprint density at radius 3 is 2.64 bits per heavy atom. The van der Waals surface area contributed by atoms with Crippen molar-refractivity contribution in [2.75, 3.05) is 5.43 Å². The van der Waals surface area contributed by atoms with Crippen LogP contribution >= 0.6 is 0 Å². The number of nitrogens with zero attached hydrogens (tertiary/aromatic N) is 2. The predicted octanol–water partition coefficient (Wildman–Crippen LogP) is 3.84. The van der Waals surface area contributed by atoms with Crippen molar-refractivity contribution in [3.8, 4) is 5.75 Å². The number of benzene rings is 2. The topological polar surface area (TPSA) is 51.1 Å². The van der Waals surface area contributed by atoms with Gasteiger partial charge in [-0.2, -0.15) is 5.10 Å². The fraction of sp³-hybridized carbons (Fsp3) is 0.250. The van der Waals surface area contributed by atoms with Gasteiger partial charge in [-0.15, -0.1) is 0 Å². The van der Waals surface area contributed by atoms with E-state index in [1.165, 1.54) is 5.56 Å². The molecule has 0 radical (unpaired) electrons. The van der Waals surface area contributed by atoms with Crippen LogP contribution in [0.5, 0.6) is 5.75 Å². The number of ether oxygens (including phenoxy) is 1. The summed E-state index contributed by atoms with van der Waals surface area (Å²) in [6.45, 7) is 5.48. The molecular formula is C20H24N4O. The normalized spacial score (nSPS) is 10.8. The van der Waals surface area contributed by atoms with E-state index in [2.05, 4.69) is 28.1 Å². The smallest absolute Gasteiger partial charge is 0.124 e. The molecule has 2 aromatic carbocycles. The summed E-state index contributed by atoms with van der Waals surface area (Å²) >= 11 is 0. The minimum atomic E-state index is 0.139. The number of para-hydroxylation sites is 1. The molecule has 0 spiro atoms. The highest BCUT2D eigenvalue weighted by Gasteiger charge is 2.08. The maximum Gasteiger partial charge on any atom is 0.124 e. The van der Waals surface area contributed by atoms with Gasteiger partial charge in [0.15, 0.2) is 0 Å². The van der Waals surface area contributed by atoms with Gasteiger partial charge in [-0.1, -0.05) is 24.3 Å². The van der Waals surface area contributed by atoms with E-state index in [9.17, 15) is 0 Å². The van der Waals surface area contributed by atoms with Gasteiger partial charge in [-0.3, -0.25) is 4.68 Å². The maximum absolute atomic E-state index is 5.95. The molecule has 0 aliphatic rings. The summed E-state index contributed by atoms with van der Waals surface area (Å²) in [6, 6.07) is 18.3. The first-order chi connectivity index (χ1) is 12.2. The van der Waals surface area contributed by atoms with Crippen molar-refractivity contribution >= 4 is 5.69 Å². The number of anilines is 1. The predicted molar refractivity (Wildman–Crippen MR) is 100 cm³/mol.